The molecular formula is C9H6Cl2N2O2S2. The molecule has 0 aliphatic heterocycles. The molecule has 0 amide bonds. The van der Waals surface area contributed by atoms with Crippen LogP contribution in [0.15, 0.2) is 34.7 Å². The van der Waals surface area contributed by atoms with Gasteiger partial charge in [-0.1, -0.05) is 23.2 Å². The molecule has 4 nitrogen and oxygen atoms in total. The highest BCUT2D eigenvalue weighted by atomic mass is 35.5. The second-order valence-corrected chi connectivity index (χ2v) is 7.04. The summed E-state index contributed by atoms with van der Waals surface area (Å²) in [6.45, 7) is 0. The Morgan fingerprint density at radius 2 is 2.00 bits per heavy atom. The number of halogens is 2. The molecule has 0 saturated carbocycles. The lowest BCUT2D eigenvalue weighted by molar-refractivity contribution is 0.603. The summed E-state index contributed by atoms with van der Waals surface area (Å²) < 4.78 is 26.8. The molecule has 90 valence electrons. The van der Waals surface area contributed by atoms with Gasteiger partial charge in [0, 0.05) is 6.20 Å². The van der Waals surface area contributed by atoms with Crippen molar-refractivity contribution >= 4 is 50.2 Å². The van der Waals surface area contributed by atoms with Gasteiger partial charge >= 0.3 is 0 Å². The van der Waals surface area contributed by atoms with Gasteiger partial charge in [-0.25, -0.2) is 13.4 Å². The molecule has 2 rings (SSSR count). The molecule has 2 aromatic rings. The molecule has 17 heavy (non-hydrogen) atoms. The van der Waals surface area contributed by atoms with Crippen molar-refractivity contribution < 1.29 is 8.42 Å². The zero-order valence-corrected chi connectivity index (χ0v) is 11.4. The van der Waals surface area contributed by atoms with Crippen molar-refractivity contribution in [2.75, 3.05) is 4.72 Å². The monoisotopic (exact) mass is 308 g/mol. The zero-order valence-electron chi connectivity index (χ0n) is 8.22. The standard InChI is InChI=1S/C9H6Cl2N2O2S2/c10-7-5-6(3-4-12-7)13-17(14,15)9-2-1-8(11)16-9/h1-5H,(H,12,13). The smallest absolute Gasteiger partial charge is 0.271 e. The normalized spacial score (nSPS) is 11.4. The molecule has 2 heterocycles. The SMILES string of the molecule is O=S(=O)(Nc1ccnc(Cl)c1)c1ccc(Cl)s1. The van der Waals surface area contributed by atoms with Gasteiger partial charge in [0.2, 0.25) is 0 Å². The first-order valence-corrected chi connectivity index (χ1v) is 7.43. The van der Waals surface area contributed by atoms with Crippen LogP contribution in [0.4, 0.5) is 5.69 Å². The molecule has 0 fully saturated rings. The second kappa shape index (κ2) is 4.81. The van der Waals surface area contributed by atoms with Crippen LogP contribution in [0, 0.1) is 0 Å². The molecule has 2 aromatic heterocycles. The van der Waals surface area contributed by atoms with Gasteiger partial charge in [0.25, 0.3) is 10.0 Å². The lowest BCUT2D eigenvalue weighted by atomic mass is 10.4. The van der Waals surface area contributed by atoms with Gasteiger partial charge in [0.1, 0.15) is 9.36 Å². The van der Waals surface area contributed by atoms with E-state index in [0.29, 0.717) is 10.0 Å². The van der Waals surface area contributed by atoms with Crippen LogP contribution in [-0.4, -0.2) is 13.4 Å². The summed E-state index contributed by atoms with van der Waals surface area (Å²) in [6, 6.07) is 5.91. The van der Waals surface area contributed by atoms with Gasteiger partial charge in [-0.3, -0.25) is 4.72 Å². The van der Waals surface area contributed by atoms with Crippen molar-refractivity contribution in [1.29, 1.82) is 0 Å². The first-order valence-electron chi connectivity index (χ1n) is 4.37. The first-order chi connectivity index (χ1) is 7.97. The highest BCUT2D eigenvalue weighted by Gasteiger charge is 2.16. The molecule has 8 heteroatoms. The van der Waals surface area contributed by atoms with E-state index in [1.165, 1.54) is 30.5 Å². The molecule has 0 spiro atoms. The van der Waals surface area contributed by atoms with Crippen LogP contribution in [0.3, 0.4) is 0 Å². The summed E-state index contributed by atoms with van der Waals surface area (Å²) in [5, 5.41) is 0.217. The summed E-state index contributed by atoms with van der Waals surface area (Å²) >= 11 is 12.3. The third-order valence-corrected chi connectivity index (χ3v) is 5.10. The fourth-order valence-electron chi connectivity index (χ4n) is 1.11. The van der Waals surface area contributed by atoms with Gasteiger partial charge in [-0.05, 0) is 24.3 Å². The fourth-order valence-corrected chi connectivity index (χ4v) is 3.82. The van der Waals surface area contributed by atoms with Crippen LogP contribution >= 0.6 is 34.5 Å². The van der Waals surface area contributed by atoms with Crippen LogP contribution in [-0.2, 0) is 10.0 Å². The molecule has 0 unspecified atom stereocenters. The Morgan fingerprint density at radius 1 is 1.24 bits per heavy atom. The first kappa shape index (κ1) is 12.6. The van der Waals surface area contributed by atoms with E-state index in [0.717, 1.165) is 11.3 Å². The minimum Gasteiger partial charge on any atom is -0.279 e. The average molecular weight is 309 g/mol. The van der Waals surface area contributed by atoms with Crippen LogP contribution in [0.2, 0.25) is 9.49 Å². The van der Waals surface area contributed by atoms with Crippen LogP contribution in [0.5, 0.6) is 0 Å². The number of rotatable bonds is 3. The Hall–Kier alpha value is -0.820. The fraction of sp³-hybridized carbons (Fsp3) is 0. The van der Waals surface area contributed by atoms with Crippen molar-refractivity contribution in [3.05, 3.63) is 40.0 Å². The zero-order chi connectivity index (χ0) is 12.5. The predicted molar refractivity (Wildman–Crippen MR) is 69.4 cm³/mol. The van der Waals surface area contributed by atoms with Gasteiger partial charge in [0.15, 0.2) is 0 Å². The van der Waals surface area contributed by atoms with Crippen LogP contribution < -0.4 is 4.72 Å². The molecule has 0 bridgehead atoms. The third kappa shape index (κ3) is 3.10. The maximum atomic E-state index is 11.9. The molecule has 0 radical (unpaired) electrons. The quantitative estimate of drug-likeness (QED) is 0.885. The Labute approximate surface area is 112 Å². The van der Waals surface area contributed by atoms with E-state index in [-0.39, 0.29) is 9.36 Å². The van der Waals surface area contributed by atoms with E-state index in [4.69, 9.17) is 23.2 Å². The van der Waals surface area contributed by atoms with Crippen molar-refractivity contribution in [2.45, 2.75) is 4.21 Å². The number of sulfonamides is 1. The highest BCUT2D eigenvalue weighted by molar-refractivity contribution is 7.94. The van der Waals surface area contributed by atoms with Crippen molar-refractivity contribution in [3.63, 3.8) is 0 Å². The topological polar surface area (TPSA) is 59.1 Å². The molecular weight excluding hydrogens is 303 g/mol. The molecule has 1 N–H and O–H groups in total. The van der Waals surface area contributed by atoms with Crippen LogP contribution in [0.25, 0.3) is 0 Å². The van der Waals surface area contributed by atoms with Gasteiger partial charge in [-0.15, -0.1) is 11.3 Å². The molecule has 0 aromatic carbocycles. The van der Waals surface area contributed by atoms with Gasteiger partial charge in [-0.2, -0.15) is 0 Å². The number of hydrogen-bond donors (Lipinski definition) is 1. The van der Waals surface area contributed by atoms with Gasteiger partial charge in [0.05, 0.1) is 10.0 Å². The summed E-state index contributed by atoms with van der Waals surface area (Å²) in [7, 11) is -3.61. The Bertz CT molecular complexity index is 640. The number of pyridine rings is 1. The predicted octanol–water partition coefficient (Wildman–Crippen LogP) is 3.25. The van der Waals surface area contributed by atoms with E-state index in [1.54, 1.807) is 0 Å². The van der Waals surface area contributed by atoms with E-state index >= 15 is 0 Å². The molecule has 0 atom stereocenters. The van der Waals surface area contributed by atoms with Crippen molar-refractivity contribution in [3.8, 4) is 0 Å². The van der Waals surface area contributed by atoms with E-state index in [9.17, 15) is 8.42 Å². The van der Waals surface area contributed by atoms with Crippen molar-refractivity contribution in [1.82, 2.24) is 4.98 Å². The Balaban J connectivity index is 2.29. The summed E-state index contributed by atoms with van der Waals surface area (Å²) in [6.07, 6.45) is 1.42. The van der Waals surface area contributed by atoms with Crippen LogP contribution in [0.1, 0.15) is 0 Å². The van der Waals surface area contributed by atoms with E-state index in [2.05, 4.69) is 9.71 Å². The largest absolute Gasteiger partial charge is 0.279 e. The maximum absolute atomic E-state index is 11.9. The van der Waals surface area contributed by atoms with Gasteiger partial charge < -0.3 is 0 Å². The van der Waals surface area contributed by atoms with E-state index in [1.807, 2.05) is 0 Å². The van der Waals surface area contributed by atoms with Crippen molar-refractivity contribution in [2.24, 2.45) is 0 Å². The molecule has 0 aliphatic rings. The minimum atomic E-state index is -3.61. The number of thiophene rings is 1. The molecule has 0 saturated heterocycles. The third-order valence-electron chi connectivity index (χ3n) is 1.79. The number of anilines is 1. The Morgan fingerprint density at radius 3 is 2.59 bits per heavy atom. The van der Waals surface area contributed by atoms with E-state index < -0.39 is 10.0 Å². The second-order valence-electron chi connectivity index (χ2n) is 3.03. The molecule has 0 aliphatic carbocycles. The Kier molecular flexibility index (Phi) is 3.58. The lowest BCUT2D eigenvalue weighted by Crippen LogP contribution is -2.11. The summed E-state index contributed by atoms with van der Waals surface area (Å²) in [4.78, 5) is 3.76. The highest BCUT2D eigenvalue weighted by Crippen LogP contribution is 2.27. The summed E-state index contributed by atoms with van der Waals surface area (Å²) in [5.41, 5.74) is 0.356. The average Bonchev–Trinajstić information content (AvgIpc) is 2.65. The number of aromatic nitrogens is 1. The minimum absolute atomic E-state index is 0.149. The number of hydrogen-bond acceptors (Lipinski definition) is 4. The maximum Gasteiger partial charge on any atom is 0.271 e. The lowest BCUT2D eigenvalue weighted by Gasteiger charge is -2.05. The summed E-state index contributed by atoms with van der Waals surface area (Å²) in [5.74, 6) is 0. The number of nitrogens with one attached hydrogen (secondary N) is 1. The number of nitrogens with zero attached hydrogens (tertiary/aromatic N) is 1.